The molecule has 118 valence electrons. The molecular formula is C18H31N3. The Bertz CT molecular complexity index is 422. The van der Waals surface area contributed by atoms with Crippen molar-refractivity contribution in [3.8, 4) is 0 Å². The van der Waals surface area contributed by atoms with Gasteiger partial charge in [0.15, 0.2) is 0 Å². The van der Waals surface area contributed by atoms with Gasteiger partial charge in [0.2, 0.25) is 0 Å². The van der Waals surface area contributed by atoms with Gasteiger partial charge in [-0.15, -0.1) is 0 Å². The van der Waals surface area contributed by atoms with Gasteiger partial charge in [0.25, 0.3) is 0 Å². The fourth-order valence-electron chi connectivity index (χ4n) is 3.44. The molecule has 1 aromatic rings. The Morgan fingerprint density at radius 1 is 1.10 bits per heavy atom. The molecular weight excluding hydrogens is 258 g/mol. The molecule has 21 heavy (non-hydrogen) atoms. The summed E-state index contributed by atoms with van der Waals surface area (Å²) in [6.07, 6.45) is 9.15. The van der Waals surface area contributed by atoms with Gasteiger partial charge in [0.05, 0.1) is 5.69 Å². The Labute approximate surface area is 130 Å². The molecule has 0 spiro atoms. The third-order valence-corrected chi connectivity index (χ3v) is 4.57. The molecule has 0 radical (unpaired) electrons. The van der Waals surface area contributed by atoms with Crippen molar-refractivity contribution in [2.45, 2.75) is 78.2 Å². The van der Waals surface area contributed by atoms with E-state index in [9.17, 15) is 0 Å². The molecule has 1 N–H and O–H groups in total. The second kappa shape index (κ2) is 8.47. The van der Waals surface area contributed by atoms with Crippen LogP contribution in [-0.2, 0) is 6.54 Å². The third-order valence-electron chi connectivity index (χ3n) is 4.57. The Kier molecular flexibility index (Phi) is 6.62. The minimum Gasteiger partial charge on any atom is -0.311 e. The Hall–Kier alpha value is -0.960. The highest BCUT2D eigenvalue weighted by Crippen LogP contribution is 2.36. The van der Waals surface area contributed by atoms with Crippen LogP contribution in [0.15, 0.2) is 6.07 Å². The van der Waals surface area contributed by atoms with Gasteiger partial charge in [-0.3, -0.25) is 0 Å². The Balaban J connectivity index is 1.96. The van der Waals surface area contributed by atoms with Crippen molar-refractivity contribution in [2.24, 2.45) is 5.92 Å². The average Bonchev–Trinajstić information content (AvgIpc) is 2.48. The summed E-state index contributed by atoms with van der Waals surface area (Å²) in [4.78, 5) is 9.54. The van der Waals surface area contributed by atoms with Crippen LogP contribution >= 0.6 is 0 Å². The predicted molar refractivity (Wildman–Crippen MR) is 88.4 cm³/mol. The predicted octanol–water partition coefficient (Wildman–Crippen LogP) is 4.36. The number of aromatic nitrogens is 2. The first-order valence-electron chi connectivity index (χ1n) is 8.78. The van der Waals surface area contributed by atoms with E-state index in [0.29, 0.717) is 5.92 Å². The summed E-state index contributed by atoms with van der Waals surface area (Å²) >= 11 is 0. The van der Waals surface area contributed by atoms with E-state index in [1.807, 2.05) is 0 Å². The Morgan fingerprint density at radius 3 is 2.52 bits per heavy atom. The first kappa shape index (κ1) is 16.4. The maximum Gasteiger partial charge on any atom is 0.131 e. The number of hydrogen-bond acceptors (Lipinski definition) is 3. The van der Waals surface area contributed by atoms with Gasteiger partial charge in [0, 0.05) is 18.2 Å². The van der Waals surface area contributed by atoms with Gasteiger partial charge in [-0.05, 0) is 57.6 Å². The lowest BCUT2D eigenvalue weighted by atomic mass is 9.79. The summed E-state index contributed by atoms with van der Waals surface area (Å²) in [5.74, 6) is 2.63. The average molecular weight is 289 g/mol. The largest absolute Gasteiger partial charge is 0.311 e. The molecule has 0 aromatic carbocycles. The molecule has 1 aromatic heterocycles. The number of aryl methyl sites for hydroxylation is 1. The van der Waals surface area contributed by atoms with Crippen molar-refractivity contribution < 1.29 is 0 Å². The maximum atomic E-state index is 4.83. The minimum atomic E-state index is 0.586. The van der Waals surface area contributed by atoms with Crippen molar-refractivity contribution in [3.05, 3.63) is 23.3 Å². The smallest absolute Gasteiger partial charge is 0.131 e. The molecule has 0 aliphatic heterocycles. The van der Waals surface area contributed by atoms with Gasteiger partial charge in [-0.25, -0.2) is 9.97 Å². The first-order valence-corrected chi connectivity index (χ1v) is 8.78. The van der Waals surface area contributed by atoms with Gasteiger partial charge in [-0.2, -0.15) is 0 Å². The van der Waals surface area contributed by atoms with Crippen molar-refractivity contribution in [1.82, 2.24) is 15.3 Å². The number of rotatable bonds is 7. The molecule has 1 fully saturated rings. The molecule has 3 heteroatoms. The van der Waals surface area contributed by atoms with Gasteiger partial charge in [-0.1, -0.05) is 26.7 Å². The molecule has 1 aliphatic rings. The molecule has 1 saturated carbocycles. The summed E-state index contributed by atoms with van der Waals surface area (Å²) in [6.45, 7) is 8.51. The fourth-order valence-corrected chi connectivity index (χ4v) is 3.44. The van der Waals surface area contributed by atoms with Crippen LogP contribution in [-0.4, -0.2) is 16.5 Å². The van der Waals surface area contributed by atoms with E-state index in [1.54, 1.807) is 0 Å². The van der Waals surface area contributed by atoms with E-state index in [2.05, 4.69) is 32.2 Å². The normalized spacial score (nSPS) is 22.4. The second-order valence-electron chi connectivity index (χ2n) is 6.54. The SMILES string of the molecule is CCCNCc1cc(C)nc(C2CCC(CCC)CC2)n1. The van der Waals surface area contributed by atoms with Crippen LogP contribution in [0.4, 0.5) is 0 Å². The molecule has 0 unspecified atom stereocenters. The zero-order valence-electron chi connectivity index (χ0n) is 14.0. The second-order valence-corrected chi connectivity index (χ2v) is 6.54. The summed E-state index contributed by atoms with van der Waals surface area (Å²) in [5.41, 5.74) is 2.27. The molecule has 0 amide bonds. The Morgan fingerprint density at radius 2 is 1.86 bits per heavy atom. The van der Waals surface area contributed by atoms with Crippen LogP contribution in [0.1, 0.15) is 81.9 Å². The molecule has 3 nitrogen and oxygen atoms in total. The van der Waals surface area contributed by atoms with E-state index < -0.39 is 0 Å². The summed E-state index contributed by atoms with van der Waals surface area (Å²) in [6, 6.07) is 2.12. The maximum absolute atomic E-state index is 4.83. The van der Waals surface area contributed by atoms with Crippen LogP contribution in [0, 0.1) is 12.8 Å². The summed E-state index contributed by atoms with van der Waals surface area (Å²) < 4.78 is 0. The van der Waals surface area contributed by atoms with Crippen molar-refractivity contribution in [3.63, 3.8) is 0 Å². The minimum absolute atomic E-state index is 0.586. The summed E-state index contributed by atoms with van der Waals surface area (Å²) in [7, 11) is 0. The van der Waals surface area contributed by atoms with Crippen molar-refractivity contribution in [2.75, 3.05) is 6.54 Å². The van der Waals surface area contributed by atoms with Gasteiger partial charge in [0.1, 0.15) is 5.82 Å². The van der Waals surface area contributed by atoms with Crippen LogP contribution in [0.3, 0.4) is 0 Å². The standard InChI is InChI=1S/C18H31N3/c1-4-6-15-7-9-16(10-8-15)18-20-14(3)12-17(21-18)13-19-11-5-2/h12,15-16,19H,4-11,13H2,1-3H3. The van der Waals surface area contributed by atoms with Gasteiger partial charge < -0.3 is 5.32 Å². The van der Waals surface area contributed by atoms with Crippen LogP contribution in [0.2, 0.25) is 0 Å². The van der Waals surface area contributed by atoms with E-state index in [-0.39, 0.29) is 0 Å². The molecule has 1 aliphatic carbocycles. The quantitative estimate of drug-likeness (QED) is 0.758. The third kappa shape index (κ3) is 5.06. The van der Waals surface area contributed by atoms with E-state index >= 15 is 0 Å². The fraction of sp³-hybridized carbons (Fsp3) is 0.778. The van der Waals surface area contributed by atoms with E-state index in [4.69, 9.17) is 9.97 Å². The summed E-state index contributed by atoms with van der Waals surface area (Å²) in [5, 5.41) is 3.44. The highest BCUT2D eigenvalue weighted by molar-refractivity contribution is 5.12. The van der Waals surface area contributed by atoms with Gasteiger partial charge >= 0.3 is 0 Å². The zero-order valence-corrected chi connectivity index (χ0v) is 14.0. The van der Waals surface area contributed by atoms with Crippen LogP contribution in [0.5, 0.6) is 0 Å². The highest BCUT2D eigenvalue weighted by Gasteiger charge is 2.24. The number of nitrogens with zero attached hydrogens (tertiary/aromatic N) is 2. The first-order chi connectivity index (χ1) is 10.2. The van der Waals surface area contributed by atoms with Crippen LogP contribution < -0.4 is 5.32 Å². The lowest BCUT2D eigenvalue weighted by molar-refractivity contribution is 0.301. The molecule has 0 saturated heterocycles. The highest BCUT2D eigenvalue weighted by atomic mass is 14.9. The number of nitrogens with one attached hydrogen (secondary N) is 1. The zero-order chi connectivity index (χ0) is 15.1. The van der Waals surface area contributed by atoms with E-state index in [0.717, 1.165) is 36.2 Å². The lowest BCUT2D eigenvalue weighted by Gasteiger charge is -2.27. The van der Waals surface area contributed by atoms with Crippen molar-refractivity contribution >= 4 is 0 Å². The van der Waals surface area contributed by atoms with Crippen molar-refractivity contribution in [1.29, 1.82) is 0 Å². The number of hydrogen-bond donors (Lipinski definition) is 1. The van der Waals surface area contributed by atoms with E-state index in [1.165, 1.54) is 44.9 Å². The molecule has 1 heterocycles. The lowest BCUT2D eigenvalue weighted by Crippen LogP contribution is -2.19. The molecule has 0 atom stereocenters. The molecule has 0 bridgehead atoms. The topological polar surface area (TPSA) is 37.8 Å². The van der Waals surface area contributed by atoms with Crippen LogP contribution in [0.25, 0.3) is 0 Å². The monoisotopic (exact) mass is 289 g/mol. The molecule has 2 rings (SSSR count).